The zero-order valence-corrected chi connectivity index (χ0v) is 13.4. The zero-order valence-electron chi connectivity index (χ0n) is 12.6. The largest absolute Gasteiger partial charge is 0.372 e. The van der Waals surface area contributed by atoms with E-state index in [0.29, 0.717) is 5.92 Å². The van der Waals surface area contributed by atoms with Gasteiger partial charge in [0.2, 0.25) is 0 Å². The molecule has 3 rings (SSSR count). The van der Waals surface area contributed by atoms with Gasteiger partial charge >= 0.3 is 0 Å². The van der Waals surface area contributed by atoms with Gasteiger partial charge in [0.25, 0.3) is 0 Å². The van der Waals surface area contributed by atoms with Crippen molar-refractivity contribution in [2.75, 3.05) is 12.4 Å². The molecule has 2 heterocycles. The Hall–Kier alpha value is -1.16. The van der Waals surface area contributed by atoms with Crippen LogP contribution in [0.3, 0.4) is 0 Å². The lowest BCUT2D eigenvalue weighted by molar-refractivity contribution is 0.308. The van der Waals surface area contributed by atoms with Gasteiger partial charge < -0.3 is 5.32 Å². The predicted octanol–water partition coefficient (Wildman–Crippen LogP) is 4.73. The average molecular weight is 289 g/mol. The van der Waals surface area contributed by atoms with Crippen LogP contribution in [0.2, 0.25) is 0 Å². The molecule has 0 spiro atoms. The first-order valence-corrected chi connectivity index (χ1v) is 8.48. The molecule has 0 bridgehead atoms. The van der Waals surface area contributed by atoms with Gasteiger partial charge in [-0.3, -0.25) is 0 Å². The van der Waals surface area contributed by atoms with Crippen LogP contribution in [0.4, 0.5) is 5.82 Å². The lowest BCUT2D eigenvalue weighted by Crippen LogP contribution is -2.16. The summed E-state index contributed by atoms with van der Waals surface area (Å²) in [4.78, 5) is 12.1. The third-order valence-electron chi connectivity index (χ3n) is 4.50. The first kappa shape index (κ1) is 13.8. The Morgan fingerprint density at radius 2 is 2.20 bits per heavy atom. The number of aryl methyl sites for hydroxylation is 1. The summed E-state index contributed by atoms with van der Waals surface area (Å²) in [6.45, 7) is 4.44. The average Bonchev–Trinajstić information content (AvgIpc) is 2.86. The smallest absolute Gasteiger partial charge is 0.138 e. The molecule has 0 aliphatic heterocycles. The number of anilines is 1. The normalized spacial score (nSPS) is 23.1. The Labute approximate surface area is 124 Å². The summed E-state index contributed by atoms with van der Waals surface area (Å²) in [5.41, 5.74) is 0. The van der Waals surface area contributed by atoms with Crippen LogP contribution in [-0.2, 0) is 0 Å². The zero-order chi connectivity index (χ0) is 14.1. The summed E-state index contributed by atoms with van der Waals surface area (Å²) in [5.74, 6) is 3.46. The lowest BCUT2D eigenvalue weighted by Gasteiger charge is -2.27. The van der Waals surface area contributed by atoms with Crippen LogP contribution in [0.5, 0.6) is 0 Å². The van der Waals surface area contributed by atoms with Gasteiger partial charge in [-0.2, -0.15) is 0 Å². The van der Waals surface area contributed by atoms with Gasteiger partial charge in [0.1, 0.15) is 16.5 Å². The van der Waals surface area contributed by atoms with E-state index in [9.17, 15) is 0 Å². The molecule has 2 aromatic rings. The quantitative estimate of drug-likeness (QED) is 0.888. The van der Waals surface area contributed by atoms with Crippen molar-refractivity contribution in [3.05, 3.63) is 16.8 Å². The molecule has 1 N–H and O–H groups in total. The molecule has 2 unspecified atom stereocenters. The van der Waals surface area contributed by atoms with E-state index >= 15 is 0 Å². The maximum Gasteiger partial charge on any atom is 0.138 e. The second-order valence-corrected chi connectivity index (χ2v) is 7.13. The summed E-state index contributed by atoms with van der Waals surface area (Å²) in [6.07, 6.45) is 6.50. The minimum atomic E-state index is 0.549. The van der Waals surface area contributed by atoms with Crippen molar-refractivity contribution < 1.29 is 0 Å². The fraction of sp³-hybridized carbons (Fsp3) is 0.625. The van der Waals surface area contributed by atoms with Crippen LogP contribution in [0.1, 0.15) is 55.6 Å². The van der Waals surface area contributed by atoms with Crippen molar-refractivity contribution in [2.45, 2.75) is 51.9 Å². The van der Waals surface area contributed by atoms with E-state index in [0.717, 1.165) is 22.4 Å². The summed E-state index contributed by atoms with van der Waals surface area (Å²) >= 11 is 1.78. The Kier molecular flexibility index (Phi) is 3.92. The van der Waals surface area contributed by atoms with E-state index in [2.05, 4.69) is 25.2 Å². The standard InChI is InChI=1S/C16H23N3S/c1-4-11-6-5-7-12(9-11)14-18-15(17-3)13-8-10(2)20-16(13)19-14/h8,11-12H,4-7,9H2,1-3H3,(H,17,18,19). The molecule has 1 aliphatic carbocycles. The fourth-order valence-corrected chi connectivity index (χ4v) is 4.21. The van der Waals surface area contributed by atoms with Crippen molar-refractivity contribution in [1.29, 1.82) is 0 Å². The number of aromatic nitrogens is 2. The summed E-state index contributed by atoms with van der Waals surface area (Å²) in [7, 11) is 1.95. The molecule has 0 aromatic carbocycles. The van der Waals surface area contributed by atoms with E-state index in [4.69, 9.17) is 9.97 Å². The minimum Gasteiger partial charge on any atom is -0.372 e. The highest BCUT2D eigenvalue weighted by Crippen LogP contribution is 2.38. The van der Waals surface area contributed by atoms with Gasteiger partial charge in [-0.1, -0.05) is 26.2 Å². The molecule has 0 saturated heterocycles. The maximum absolute atomic E-state index is 4.86. The Bertz CT molecular complexity index is 605. The van der Waals surface area contributed by atoms with Crippen LogP contribution in [0, 0.1) is 12.8 Å². The summed E-state index contributed by atoms with van der Waals surface area (Å²) in [5, 5.41) is 4.41. The molecular formula is C16H23N3S. The Balaban J connectivity index is 1.98. The van der Waals surface area contributed by atoms with Gasteiger partial charge in [-0.15, -0.1) is 11.3 Å². The molecule has 1 saturated carbocycles. The summed E-state index contributed by atoms with van der Waals surface area (Å²) < 4.78 is 0. The van der Waals surface area contributed by atoms with E-state index in [1.165, 1.54) is 42.4 Å². The van der Waals surface area contributed by atoms with Crippen molar-refractivity contribution in [2.24, 2.45) is 5.92 Å². The van der Waals surface area contributed by atoms with Gasteiger partial charge in [-0.05, 0) is 31.7 Å². The molecule has 4 heteroatoms. The SMILES string of the molecule is CCC1CCCC(c2nc(NC)c3cc(C)sc3n2)C1. The number of nitrogens with one attached hydrogen (secondary N) is 1. The number of thiophene rings is 1. The minimum absolute atomic E-state index is 0.549. The second-order valence-electron chi connectivity index (χ2n) is 5.89. The van der Waals surface area contributed by atoms with Crippen LogP contribution >= 0.6 is 11.3 Å². The van der Waals surface area contributed by atoms with Gasteiger partial charge in [0.15, 0.2) is 0 Å². The van der Waals surface area contributed by atoms with E-state index in [1.807, 2.05) is 7.05 Å². The molecule has 3 nitrogen and oxygen atoms in total. The number of hydrogen-bond donors (Lipinski definition) is 1. The van der Waals surface area contributed by atoms with Crippen molar-refractivity contribution in [1.82, 2.24) is 9.97 Å². The maximum atomic E-state index is 4.86. The van der Waals surface area contributed by atoms with Gasteiger partial charge in [0.05, 0.1) is 5.39 Å². The van der Waals surface area contributed by atoms with E-state index in [-0.39, 0.29) is 0 Å². The fourth-order valence-electron chi connectivity index (χ4n) is 3.33. The van der Waals surface area contributed by atoms with Crippen molar-refractivity contribution >= 4 is 27.4 Å². The highest BCUT2D eigenvalue weighted by Gasteiger charge is 2.25. The van der Waals surface area contributed by atoms with Gasteiger partial charge in [-0.25, -0.2) is 9.97 Å². The third kappa shape index (κ3) is 2.53. The Morgan fingerprint density at radius 1 is 1.35 bits per heavy atom. The number of hydrogen-bond acceptors (Lipinski definition) is 4. The van der Waals surface area contributed by atoms with Crippen molar-refractivity contribution in [3.63, 3.8) is 0 Å². The molecule has 108 valence electrons. The van der Waals surface area contributed by atoms with Crippen LogP contribution in [-0.4, -0.2) is 17.0 Å². The number of rotatable bonds is 3. The van der Waals surface area contributed by atoms with E-state index in [1.54, 1.807) is 11.3 Å². The molecule has 0 amide bonds. The Morgan fingerprint density at radius 3 is 2.95 bits per heavy atom. The number of fused-ring (bicyclic) bond motifs is 1. The van der Waals surface area contributed by atoms with E-state index < -0.39 is 0 Å². The number of nitrogens with zero attached hydrogens (tertiary/aromatic N) is 2. The predicted molar refractivity (Wildman–Crippen MR) is 86.7 cm³/mol. The van der Waals surface area contributed by atoms with Crippen LogP contribution < -0.4 is 5.32 Å². The first-order valence-electron chi connectivity index (χ1n) is 7.67. The second kappa shape index (κ2) is 5.68. The van der Waals surface area contributed by atoms with Crippen LogP contribution in [0.15, 0.2) is 6.07 Å². The first-order chi connectivity index (χ1) is 9.71. The third-order valence-corrected chi connectivity index (χ3v) is 5.44. The molecule has 2 atom stereocenters. The summed E-state index contributed by atoms with van der Waals surface area (Å²) in [6, 6.07) is 2.19. The molecule has 1 fully saturated rings. The molecule has 1 aliphatic rings. The highest BCUT2D eigenvalue weighted by molar-refractivity contribution is 7.18. The molecule has 0 radical (unpaired) electrons. The topological polar surface area (TPSA) is 37.8 Å². The molecular weight excluding hydrogens is 266 g/mol. The van der Waals surface area contributed by atoms with Crippen molar-refractivity contribution in [3.8, 4) is 0 Å². The van der Waals surface area contributed by atoms with Crippen LogP contribution in [0.25, 0.3) is 10.2 Å². The monoisotopic (exact) mass is 289 g/mol. The molecule has 20 heavy (non-hydrogen) atoms. The van der Waals surface area contributed by atoms with Gasteiger partial charge in [0, 0.05) is 17.8 Å². The lowest BCUT2D eigenvalue weighted by atomic mass is 9.80. The highest BCUT2D eigenvalue weighted by atomic mass is 32.1. The molecule has 2 aromatic heterocycles.